The molecule has 0 radical (unpaired) electrons. The van der Waals surface area contributed by atoms with Crippen LogP contribution in [-0.4, -0.2) is 18.3 Å². The van der Waals surface area contributed by atoms with Crippen LogP contribution < -0.4 is 0 Å². The number of unbranched alkanes of at least 4 members (excludes halogenated alkanes) is 2. The fourth-order valence-corrected chi connectivity index (χ4v) is 1.55. The van der Waals surface area contributed by atoms with Crippen molar-refractivity contribution in [3.8, 4) is 0 Å². The topological polar surface area (TPSA) is 18.5 Å². The molecule has 0 aromatic heterocycles. The summed E-state index contributed by atoms with van der Waals surface area (Å²) in [5.74, 6) is 0. The molecule has 1 heterocycles. The quantitative estimate of drug-likeness (QED) is 0.413. The maximum atomic E-state index is 13.8. The standard InChI is InChI=1S/C13H22BFO2/c1-6-7-8-9-10-11(15)14-16-12(2,3)13(4,5)17-14/h6,10H,1,7-9H2,2-5H3. The Hall–Kier alpha value is -0.605. The minimum Gasteiger partial charge on any atom is -0.398 e. The van der Waals surface area contributed by atoms with E-state index in [9.17, 15) is 4.39 Å². The Morgan fingerprint density at radius 1 is 1.18 bits per heavy atom. The largest absolute Gasteiger partial charge is 0.524 e. The highest BCUT2D eigenvalue weighted by Gasteiger charge is 2.52. The molecule has 17 heavy (non-hydrogen) atoms. The highest BCUT2D eigenvalue weighted by atomic mass is 19.1. The lowest BCUT2D eigenvalue weighted by atomic mass is 9.87. The van der Waals surface area contributed by atoms with Gasteiger partial charge in [-0.2, -0.15) is 0 Å². The van der Waals surface area contributed by atoms with Crippen LogP contribution in [0.4, 0.5) is 4.39 Å². The molecule has 0 spiro atoms. The van der Waals surface area contributed by atoms with E-state index in [1.54, 1.807) is 6.08 Å². The minimum absolute atomic E-state index is 0.326. The number of halogens is 1. The first kappa shape index (κ1) is 14.5. The number of hydrogen-bond donors (Lipinski definition) is 0. The maximum Gasteiger partial charge on any atom is 0.524 e. The predicted molar refractivity (Wildman–Crippen MR) is 69.3 cm³/mol. The highest BCUT2D eigenvalue weighted by molar-refractivity contribution is 6.53. The number of hydrogen-bond acceptors (Lipinski definition) is 2. The lowest BCUT2D eigenvalue weighted by Gasteiger charge is -2.32. The molecule has 0 unspecified atom stereocenters. The van der Waals surface area contributed by atoms with E-state index in [-0.39, 0.29) is 5.73 Å². The number of rotatable bonds is 5. The second kappa shape index (κ2) is 5.36. The van der Waals surface area contributed by atoms with Crippen molar-refractivity contribution in [2.45, 2.75) is 58.2 Å². The van der Waals surface area contributed by atoms with E-state index in [4.69, 9.17) is 9.31 Å². The summed E-state index contributed by atoms with van der Waals surface area (Å²) >= 11 is 0. The summed E-state index contributed by atoms with van der Waals surface area (Å²) in [6, 6.07) is 0. The fourth-order valence-electron chi connectivity index (χ4n) is 1.55. The summed E-state index contributed by atoms with van der Waals surface area (Å²) in [5.41, 5.74) is -1.29. The van der Waals surface area contributed by atoms with Gasteiger partial charge in [0.05, 0.1) is 11.2 Å². The van der Waals surface area contributed by atoms with Gasteiger partial charge in [0.15, 0.2) is 0 Å². The van der Waals surface area contributed by atoms with E-state index < -0.39 is 18.3 Å². The zero-order valence-corrected chi connectivity index (χ0v) is 11.3. The summed E-state index contributed by atoms with van der Waals surface area (Å²) in [7, 11) is -0.858. The molecule has 0 amide bonds. The van der Waals surface area contributed by atoms with Gasteiger partial charge < -0.3 is 9.31 Å². The summed E-state index contributed by atoms with van der Waals surface area (Å²) in [6.07, 6.45) is 5.86. The smallest absolute Gasteiger partial charge is 0.398 e. The van der Waals surface area contributed by atoms with Crippen molar-refractivity contribution in [2.24, 2.45) is 0 Å². The van der Waals surface area contributed by atoms with Gasteiger partial charge in [-0.05, 0) is 47.0 Å². The van der Waals surface area contributed by atoms with Gasteiger partial charge in [0.1, 0.15) is 5.73 Å². The Balaban J connectivity index is 2.55. The van der Waals surface area contributed by atoms with Crippen molar-refractivity contribution < 1.29 is 13.7 Å². The van der Waals surface area contributed by atoms with Crippen molar-refractivity contribution >= 4 is 7.12 Å². The van der Waals surface area contributed by atoms with Crippen molar-refractivity contribution in [3.05, 3.63) is 24.5 Å². The summed E-state index contributed by atoms with van der Waals surface area (Å²) < 4.78 is 25.0. The predicted octanol–water partition coefficient (Wildman–Crippen LogP) is 3.83. The van der Waals surface area contributed by atoms with Crippen LogP contribution in [0.5, 0.6) is 0 Å². The van der Waals surface area contributed by atoms with Crippen LogP contribution in [0.15, 0.2) is 24.5 Å². The van der Waals surface area contributed by atoms with Gasteiger partial charge in [-0.3, -0.25) is 0 Å². The molecule has 4 heteroatoms. The van der Waals surface area contributed by atoms with Crippen LogP contribution in [0.2, 0.25) is 0 Å². The maximum absolute atomic E-state index is 13.8. The minimum atomic E-state index is -0.858. The van der Waals surface area contributed by atoms with Crippen LogP contribution in [-0.2, 0) is 9.31 Å². The first-order valence-electron chi connectivity index (χ1n) is 6.12. The highest BCUT2D eigenvalue weighted by Crippen LogP contribution is 2.38. The second-order valence-corrected chi connectivity index (χ2v) is 5.40. The van der Waals surface area contributed by atoms with Crippen molar-refractivity contribution in [1.29, 1.82) is 0 Å². The first-order valence-corrected chi connectivity index (χ1v) is 6.12. The summed E-state index contributed by atoms with van der Waals surface area (Å²) in [5, 5.41) is 0. The van der Waals surface area contributed by atoms with Crippen molar-refractivity contribution in [1.82, 2.24) is 0 Å². The molecule has 0 aromatic rings. The molecule has 0 aromatic carbocycles. The van der Waals surface area contributed by atoms with E-state index in [2.05, 4.69) is 6.58 Å². The average molecular weight is 240 g/mol. The number of allylic oxidation sites excluding steroid dienone is 2. The fraction of sp³-hybridized carbons (Fsp3) is 0.692. The molecule has 1 aliphatic heterocycles. The van der Waals surface area contributed by atoms with Crippen LogP contribution in [0.25, 0.3) is 0 Å². The normalized spacial score (nSPS) is 22.9. The van der Waals surface area contributed by atoms with Gasteiger partial charge in [-0.25, -0.2) is 4.39 Å². The third-order valence-corrected chi connectivity index (χ3v) is 3.43. The van der Waals surface area contributed by atoms with E-state index in [0.717, 1.165) is 12.8 Å². The van der Waals surface area contributed by atoms with Gasteiger partial charge in [0.2, 0.25) is 0 Å². The molecule has 1 rings (SSSR count). The Morgan fingerprint density at radius 3 is 2.18 bits per heavy atom. The van der Waals surface area contributed by atoms with Crippen molar-refractivity contribution in [3.63, 3.8) is 0 Å². The van der Waals surface area contributed by atoms with E-state index in [0.29, 0.717) is 6.42 Å². The van der Waals surface area contributed by atoms with Crippen LogP contribution in [0.3, 0.4) is 0 Å². The Bertz CT molecular complexity index is 295. The monoisotopic (exact) mass is 240 g/mol. The second-order valence-electron chi connectivity index (χ2n) is 5.40. The SMILES string of the molecule is C=CCCCC=C(F)B1OC(C)(C)C(C)(C)O1. The van der Waals surface area contributed by atoms with Crippen LogP contribution in [0, 0.1) is 0 Å². The van der Waals surface area contributed by atoms with Gasteiger partial charge in [0.25, 0.3) is 0 Å². The molecule has 1 fully saturated rings. The molecule has 0 N–H and O–H groups in total. The average Bonchev–Trinajstić information content (AvgIpc) is 2.43. The lowest BCUT2D eigenvalue weighted by Crippen LogP contribution is -2.41. The van der Waals surface area contributed by atoms with Gasteiger partial charge in [-0.15, -0.1) is 6.58 Å². The summed E-state index contributed by atoms with van der Waals surface area (Å²) in [4.78, 5) is 0. The summed E-state index contributed by atoms with van der Waals surface area (Å²) in [6.45, 7) is 11.3. The lowest BCUT2D eigenvalue weighted by molar-refractivity contribution is 0.00578. The van der Waals surface area contributed by atoms with Crippen LogP contribution in [0.1, 0.15) is 47.0 Å². The zero-order chi connectivity index (χ0) is 13.1. The Kier molecular flexibility index (Phi) is 4.56. The van der Waals surface area contributed by atoms with E-state index >= 15 is 0 Å². The van der Waals surface area contributed by atoms with Gasteiger partial charge in [-0.1, -0.05) is 12.2 Å². The molecule has 96 valence electrons. The molecule has 1 saturated heterocycles. The molecular weight excluding hydrogens is 218 g/mol. The molecule has 0 aliphatic carbocycles. The molecule has 2 nitrogen and oxygen atoms in total. The Morgan fingerprint density at radius 2 is 1.71 bits per heavy atom. The van der Waals surface area contributed by atoms with Gasteiger partial charge in [0, 0.05) is 0 Å². The zero-order valence-electron chi connectivity index (χ0n) is 11.3. The molecule has 0 saturated carbocycles. The van der Waals surface area contributed by atoms with E-state index in [1.807, 2.05) is 33.8 Å². The molecule has 0 bridgehead atoms. The third kappa shape index (κ3) is 3.43. The van der Waals surface area contributed by atoms with Crippen LogP contribution >= 0.6 is 0 Å². The van der Waals surface area contributed by atoms with Gasteiger partial charge >= 0.3 is 7.12 Å². The first-order chi connectivity index (χ1) is 7.80. The van der Waals surface area contributed by atoms with Crippen molar-refractivity contribution in [2.75, 3.05) is 0 Å². The molecule has 1 aliphatic rings. The van der Waals surface area contributed by atoms with E-state index in [1.165, 1.54) is 0 Å². The third-order valence-electron chi connectivity index (χ3n) is 3.43. The molecule has 0 atom stereocenters. The molecular formula is C13H22BFO2. The Labute approximate surface area is 104 Å².